The number of aryl methyl sites for hydroxylation is 1. The smallest absolute Gasteiger partial charge is 0.363 e. The first-order valence-electron chi connectivity index (χ1n) is 7.37. The van der Waals surface area contributed by atoms with Crippen molar-refractivity contribution < 1.29 is 19.4 Å². The molecule has 3 rings (SSSR count). The van der Waals surface area contributed by atoms with Crippen molar-refractivity contribution in [2.45, 2.75) is 6.92 Å². The molecule has 1 heterocycles. The minimum Gasteiger partial charge on any atom is -0.402 e. The lowest BCUT2D eigenvalue weighted by Crippen LogP contribution is -2.06. The van der Waals surface area contributed by atoms with Gasteiger partial charge < -0.3 is 4.74 Å². The molecule has 2 aromatic carbocycles. The zero-order chi connectivity index (χ0) is 18.8. The molecule has 0 spiro atoms. The van der Waals surface area contributed by atoms with Crippen molar-refractivity contribution in [3.8, 4) is 0 Å². The Morgan fingerprint density at radius 2 is 1.73 bits per heavy atom. The number of non-ortho nitro benzene ring substituents is 1. The van der Waals surface area contributed by atoms with Crippen LogP contribution in [-0.4, -0.2) is 21.7 Å². The fourth-order valence-corrected chi connectivity index (χ4v) is 2.32. The van der Waals surface area contributed by atoms with Gasteiger partial charge in [0, 0.05) is 29.3 Å². The summed E-state index contributed by atoms with van der Waals surface area (Å²) in [6.45, 7) is 1.60. The summed E-state index contributed by atoms with van der Waals surface area (Å²) in [6, 6.07) is 9.97. The van der Waals surface area contributed by atoms with E-state index in [2.05, 4.69) is 4.99 Å². The van der Waals surface area contributed by atoms with Crippen LogP contribution in [0.3, 0.4) is 0 Å². The van der Waals surface area contributed by atoms with E-state index >= 15 is 0 Å². The van der Waals surface area contributed by atoms with Gasteiger partial charge in [-0.2, -0.15) is 0 Å². The van der Waals surface area contributed by atoms with Crippen molar-refractivity contribution >= 4 is 29.3 Å². The average molecular weight is 353 g/mol. The second kappa shape index (κ2) is 6.55. The maximum Gasteiger partial charge on any atom is 0.363 e. The van der Waals surface area contributed by atoms with E-state index in [1.54, 1.807) is 19.1 Å². The van der Waals surface area contributed by atoms with Gasteiger partial charge in [0.2, 0.25) is 5.90 Å². The summed E-state index contributed by atoms with van der Waals surface area (Å²) in [5.41, 5.74) is 1.14. The molecule has 0 aromatic heterocycles. The number of hydrogen-bond donors (Lipinski definition) is 0. The van der Waals surface area contributed by atoms with Gasteiger partial charge in [-0.15, -0.1) is 0 Å². The zero-order valence-corrected chi connectivity index (χ0v) is 13.4. The van der Waals surface area contributed by atoms with E-state index in [0.717, 1.165) is 0 Å². The topological polar surface area (TPSA) is 125 Å². The zero-order valence-electron chi connectivity index (χ0n) is 13.4. The summed E-state index contributed by atoms with van der Waals surface area (Å²) in [6.07, 6.45) is 1.42. The van der Waals surface area contributed by atoms with Gasteiger partial charge in [0.25, 0.3) is 11.4 Å². The van der Waals surface area contributed by atoms with Crippen molar-refractivity contribution in [1.82, 2.24) is 0 Å². The predicted molar refractivity (Wildman–Crippen MR) is 91.5 cm³/mol. The van der Waals surface area contributed by atoms with Crippen LogP contribution in [-0.2, 0) is 9.53 Å². The van der Waals surface area contributed by atoms with E-state index in [1.165, 1.54) is 36.4 Å². The molecular formula is C17H11N3O6. The molecular weight excluding hydrogens is 342 g/mol. The van der Waals surface area contributed by atoms with E-state index in [0.29, 0.717) is 16.7 Å². The number of carbonyl (C=O) groups excluding carboxylic acids is 1. The SMILES string of the molecule is Cc1ccc(C2=N/C(=C\c3ccc([N+](=O)[O-])cc3)C(=O)O2)cc1[N+](=O)[O-]. The molecule has 0 aliphatic carbocycles. The Bertz CT molecular complexity index is 992. The van der Waals surface area contributed by atoms with Crippen LogP contribution in [0.15, 0.2) is 53.2 Å². The summed E-state index contributed by atoms with van der Waals surface area (Å²) in [5.74, 6) is -0.743. The van der Waals surface area contributed by atoms with E-state index < -0.39 is 15.8 Å². The number of cyclic esters (lactones) is 1. The average Bonchev–Trinajstić information content (AvgIpc) is 2.96. The Balaban J connectivity index is 1.93. The summed E-state index contributed by atoms with van der Waals surface area (Å²) in [5, 5.41) is 21.7. The van der Waals surface area contributed by atoms with Crippen molar-refractivity contribution in [2.75, 3.05) is 0 Å². The highest BCUT2D eigenvalue weighted by atomic mass is 16.6. The minimum absolute atomic E-state index is 0.00270. The first kappa shape index (κ1) is 17.0. The maximum absolute atomic E-state index is 12.0. The summed E-state index contributed by atoms with van der Waals surface area (Å²) in [7, 11) is 0. The lowest BCUT2D eigenvalue weighted by Gasteiger charge is -2.01. The van der Waals surface area contributed by atoms with Gasteiger partial charge in [0.15, 0.2) is 5.70 Å². The van der Waals surface area contributed by atoms with Gasteiger partial charge in [-0.3, -0.25) is 20.2 Å². The first-order chi connectivity index (χ1) is 12.3. The van der Waals surface area contributed by atoms with E-state index in [4.69, 9.17) is 4.74 Å². The van der Waals surface area contributed by atoms with Crippen LogP contribution in [0.1, 0.15) is 16.7 Å². The van der Waals surface area contributed by atoms with Gasteiger partial charge in [0.05, 0.1) is 9.85 Å². The van der Waals surface area contributed by atoms with Gasteiger partial charge >= 0.3 is 5.97 Å². The number of rotatable bonds is 4. The molecule has 9 heteroatoms. The molecule has 0 fully saturated rings. The molecule has 2 aromatic rings. The van der Waals surface area contributed by atoms with E-state index in [1.807, 2.05) is 0 Å². The number of ether oxygens (including phenoxy) is 1. The predicted octanol–water partition coefficient (Wildman–Crippen LogP) is 3.16. The summed E-state index contributed by atoms with van der Waals surface area (Å²) < 4.78 is 5.08. The Morgan fingerprint density at radius 1 is 1.04 bits per heavy atom. The van der Waals surface area contributed by atoms with Crippen LogP contribution in [0.25, 0.3) is 6.08 Å². The van der Waals surface area contributed by atoms with Crippen LogP contribution in [0, 0.1) is 27.2 Å². The van der Waals surface area contributed by atoms with Crippen molar-refractivity contribution in [3.05, 3.63) is 85.1 Å². The third-order valence-corrected chi connectivity index (χ3v) is 3.68. The normalized spacial score (nSPS) is 14.9. The number of esters is 1. The fourth-order valence-electron chi connectivity index (χ4n) is 2.32. The molecule has 0 amide bonds. The molecule has 1 aliphatic heterocycles. The first-order valence-corrected chi connectivity index (χ1v) is 7.37. The molecule has 26 heavy (non-hydrogen) atoms. The summed E-state index contributed by atoms with van der Waals surface area (Å²) in [4.78, 5) is 36.7. The minimum atomic E-state index is -0.707. The van der Waals surface area contributed by atoms with Crippen molar-refractivity contribution in [2.24, 2.45) is 4.99 Å². The third-order valence-electron chi connectivity index (χ3n) is 3.68. The molecule has 0 radical (unpaired) electrons. The number of nitrogens with zero attached hydrogens (tertiary/aromatic N) is 3. The van der Waals surface area contributed by atoms with Crippen molar-refractivity contribution in [1.29, 1.82) is 0 Å². The van der Waals surface area contributed by atoms with E-state index in [9.17, 15) is 25.0 Å². The maximum atomic E-state index is 12.0. The summed E-state index contributed by atoms with van der Waals surface area (Å²) >= 11 is 0. The van der Waals surface area contributed by atoms with Gasteiger partial charge in [-0.1, -0.05) is 6.07 Å². The Kier molecular flexibility index (Phi) is 4.27. The molecule has 1 aliphatic rings. The number of nitro benzene ring substituents is 2. The lowest BCUT2D eigenvalue weighted by atomic mass is 10.1. The molecule has 130 valence electrons. The molecule has 9 nitrogen and oxygen atoms in total. The number of nitro groups is 2. The van der Waals surface area contributed by atoms with Gasteiger partial charge in [-0.25, -0.2) is 9.79 Å². The Morgan fingerprint density at radius 3 is 2.35 bits per heavy atom. The Labute approximate surface area is 146 Å². The fraction of sp³-hybridized carbons (Fsp3) is 0.0588. The molecule has 0 bridgehead atoms. The number of aliphatic imine (C=N–C) groups is 1. The lowest BCUT2D eigenvalue weighted by molar-refractivity contribution is -0.385. The largest absolute Gasteiger partial charge is 0.402 e. The monoisotopic (exact) mass is 353 g/mol. The number of carbonyl (C=O) groups is 1. The molecule has 0 unspecified atom stereocenters. The highest BCUT2D eigenvalue weighted by molar-refractivity contribution is 6.13. The second-order valence-corrected chi connectivity index (χ2v) is 5.44. The van der Waals surface area contributed by atoms with Crippen LogP contribution in [0.4, 0.5) is 11.4 Å². The van der Waals surface area contributed by atoms with Gasteiger partial charge in [0.1, 0.15) is 0 Å². The standard InChI is InChI=1S/C17H11N3O6/c1-10-2-5-12(9-15(10)20(24)25)16-18-14(17(21)26-16)8-11-3-6-13(7-4-11)19(22)23/h2-9H,1H3/b14-8-. The quantitative estimate of drug-likeness (QED) is 0.360. The van der Waals surface area contributed by atoms with E-state index in [-0.39, 0.29) is 23.0 Å². The molecule has 0 saturated carbocycles. The molecule has 0 N–H and O–H groups in total. The van der Waals surface area contributed by atoms with Crippen LogP contribution in [0.5, 0.6) is 0 Å². The molecule has 0 saturated heterocycles. The number of benzene rings is 2. The van der Waals surface area contributed by atoms with Crippen molar-refractivity contribution in [3.63, 3.8) is 0 Å². The Hall–Kier alpha value is -3.88. The highest BCUT2D eigenvalue weighted by Gasteiger charge is 2.25. The molecule has 0 atom stereocenters. The van der Waals surface area contributed by atoms with Crippen LogP contribution >= 0.6 is 0 Å². The van der Waals surface area contributed by atoms with Crippen LogP contribution in [0.2, 0.25) is 0 Å². The number of hydrogen-bond acceptors (Lipinski definition) is 7. The third kappa shape index (κ3) is 3.31. The van der Waals surface area contributed by atoms with Gasteiger partial charge in [-0.05, 0) is 36.8 Å². The van der Waals surface area contributed by atoms with Crippen LogP contribution < -0.4 is 0 Å². The second-order valence-electron chi connectivity index (χ2n) is 5.44. The highest BCUT2D eigenvalue weighted by Crippen LogP contribution is 2.24.